The Balaban J connectivity index is 1.39. The van der Waals surface area contributed by atoms with Crippen LogP contribution in [0.2, 0.25) is 0 Å². The number of hydrogen-bond donors (Lipinski definition) is 7. The number of fused-ring (bicyclic) bond motifs is 2. The van der Waals surface area contributed by atoms with Crippen LogP contribution < -0.4 is 37.5 Å². The second-order valence-electron chi connectivity index (χ2n) is 16.5. The lowest BCUT2D eigenvalue weighted by Gasteiger charge is -2.24. The highest BCUT2D eigenvalue weighted by atomic mass is 32.2. The van der Waals surface area contributed by atoms with Crippen LogP contribution >= 0.6 is 0 Å². The quantitative estimate of drug-likeness (QED) is 0.0381. The van der Waals surface area contributed by atoms with E-state index in [0.717, 1.165) is 0 Å². The molecule has 5 rings (SSSR count). The topological polar surface area (TPSA) is 289 Å². The number of hydrogen-bond acceptors (Lipinski definition) is 11. The van der Waals surface area contributed by atoms with Gasteiger partial charge < -0.3 is 46.8 Å². The molecule has 9 N–H and O–H groups in total. The summed E-state index contributed by atoms with van der Waals surface area (Å²) in [5, 5.41) is 11.2. The maximum Gasteiger partial charge on any atom is 0.419 e. The first-order valence-electron chi connectivity index (χ1n) is 21.0. The summed E-state index contributed by atoms with van der Waals surface area (Å²) in [5.41, 5.74) is 13.2. The molecule has 0 radical (unpaired) electrons. The predicted octanol–water partition coefficient (Wildman–Crippen LogP) is 2.73. The van der Waals surface area contributed by atoms with E-state index in [-0.39, 0.29) is 37.3 Å². The van der Waals surface area contributed by atoms with Crippen LogP contribution in [-0.2, 0) is 58.8 Å². The number of nitrogens with zero attached hydrogens (tertiary/aromatic N) is 3. The van der Waals surface area contributed by atoms with E-state index in [1.165, 1.54) is 17.7 Å². The third-order valence-corrected chi connectivity index (χ3v) is 11.8. The predicted molar refractivity (Wildman–Crippen MR) is 246 cm³/mol. The molecule has 0 aliphatic carbocycles. The van der Waals surface area contributed by atoms with Crippen molar-refractivity contribution in [2.24, 2.45) is 23.5 Å². The van der Waals surface area contributed by atoms with Crippen molar-refractivity contribution < 1.29 is 46.7 Å². The zero-order chi connectivity index (χ0) is 48.3. The Morgan fingerprint density at radius 2 is 1.42 bits per heavy atom. The lowest BCUT2D eigenvalue weighted by Crippen LogP contribution is -2.57. The van der Waals surface area contributed by atoms with Crippen molar-refractivity contribution in [3.8, 4) is 0 Å². The van der Waals surface area contributed by atoms with Gasteiger partial charge in [0, 0.05) is 48.2 Å². The minimum atomic E-state index is -4.18. The Bertz CT molecular complexity index is 2740. The van der Waals surface area contributed by atoms with Gasteiger partial charge in [-0.1, -0.05) is 66.7 Å². The first-order chi connectivity index (χ1) is 31.1. The largest absolute Gasteiger partial charge is 0.445 e. The Labute approximate surface area is 381 Å². The number of carbonyl (C=O) groups is 6. The minimum absolute atomic E-state index is 0.0439. The van der Waals surface area contributed by atoms with Gasteiger partial charge in [0.25, 0.3) is 10.0 Å². The fraction of sp³-hybridized carbons (Fsp3) is 0.356. The molecule has 3 aromatic carbocycles. The molecule has 66 heavy (non-hydrogen) atoms. The number of alkyl carbamates (subject to hydrolysis) is 1. The summed E-state index contributed by atoms with van der Waals surface area (Å²) < 4.78 is 43.4. The number of rotatable bonds is 18. The Hall–Kier alpha value is -7.42. The zero-order valence-corrected chi connectivity index (χ0v) is 38.4. The summed E-state index contributed by atoms with van der Waals surface area (Å²) in [5.74, 6) is -3.60. The van der Waals surface area contributed by atoms with Crippen LogP contribution in [-0.4, -0.2) is 96.1 Å². The van der Waals surface area contributed by atoms with Crippen molar-refractivity contribution in [2.45, 2.75) is 89.1 Å². The van der Waals surface area contributed by atoms with Crippen LogP contribution in [0.1, 0.15) is 57.4 Å². The van der Waals surface area contributed by atoms with Crippen molar-refractivity contribution in [3.63, 3.8) is 0 Å². The highest BCUT2D eigenvalue weighted by molar-refractivity contribution is 7.90. The highest BCUT2D eigenvalue weighted by Gasteiger charge is 2.31. The monoisotopic (exact) mass is 928 g/mol. The van der Waals surface area contributed by atoms with E-state index in [1.54, 1.807) is 118 Å². The lowest BCUT2D eigenvalue weighted by atomic mass is 10.0. The van der Waals surface area contributed by atoms with Crippen molar-refractivity contribution in [1.29, 1.82) is 0 Å². The molecule has 352 valence electrons. The van der Waals surface area contributed by atoms with E-state index in [4.69, 9.17) is 20.9 Å². The fourth-order valence-corrected chi connectivity index (χ4v) is 8.43. The molecule has 0 saturated heterocycles. The van der Waals surface area contributed by atoms with Gasteiger partial charge in [0.2, 0.25) is 29.6 Å². The molecule has 0 spiro atoms. The second kappa shape index (κ2) is 21.5. The second-order valence-corrected chi connectivity index (χ2v) is 18.1. The Kier molecular flexibility index (Phi) is 16.2. The van der Waals surface area contributed by atoms with Gasteiger partial charge >= 0.3 is 12.2 Å². The summed E-state index contributed by atoms with van der Waals surface area (Å²) in [7, 11) is -2.43. The molecule has 21 heteroatoms. The van der Waals surface area contributed by atoms with E-state index in [0.29, 0.717) is 38.6 Å². The number of ether oxygens (including phenoxy) is 2. The maximum absolute atomic E-state index is 14.3. The molecular formula is C45H56N10O10S. The van der Waals surface area contributed by atoms with Gasteiger partial charge in [0.15, 0.2) is 0 Å². The molecule has 0 saturated carbocycles. The number of guanidine groups is 1. The van der Waals surface area contributed by atoms with Crippen LogP contribution in [0.4, 0.5) is 9.59 Å². The van der Waals surface area contributed by atoms with Crippen molar-refractivity contribution in [2.75, 3.05) is 13.1 Å². The standard InChI is InChI=1S/C45H56N10O10S/c1-27(39(57)49-24-37(46)56)50-41(59)34(23-30-25-55(44(61)65-45(3,4)5)36-21-13-10-17-31(30)36)51-40(58)33(52-43(60)64-26-29-15-8-7-9-16-29)19-14-22-48-42(47)53-66(62,63)38-28(2)54(6)35-20-12-11-18-32(35)38/h7-13,15-18,20-21,25,27,33-34H,14,19,22-24,26H2,1-6H3,(H2,46,56)(H,49,57)(H,50,59)(H,51,58)(H,52,60)(H3,47,48,53)/t27-,33-,34-/m0/s1. The van der Waals surface area contributed by atoms with E-state index >= 15 is 0 Å². The molecule has 3 atom stereocenters. The van der Waals surface area contributed by atoms with E-state index < -0.39 is 82.1 Å². The third kappa shape index (κ3) is 13.1. The van der Waals surface area contributed by atoms with Gasteiger partial charge in [0.05, 0.1) is 12.1 Å². The average molecular weight is 929 g/mol. The van der Waals surface area contributed by atoms with E-state index in [1.807, 2.05) is 0 Å². The SMILES string of the molecule is Cc1c(S(=O)(=O)NC(N)=NCCC[C@H](NC(=O)OCc2ccccc2)C(=O)N[C@@H](Cc2cn(C(=O)OC(C)(C)C)c3ccccc23)C(=O)N[C@@H](C)C(=O)NCC(N)=O)c2ccccc2n1C. The number of aromatic nitrogens is 2. The minimum Gasteiger partial charge on any atom is -0.445 e. The van der Waals surface area contributed by atoms with Gasteiger partial charge in [0.1, 0.15) is 35.2 Å². The Morgan fingerprint density at radius 3 is 2.09 bits per heavy atom. The molecule has 5 aromatic rings. The van der Waals surface area contributed by atoms with Crippen LogP contribution in [0.5, 0.6) is 0 Å². The number of sulfonamides is 1. The summed E-state index contributed by atoms with van der Waals surface area (Å²) in [4.78, 5) is 83.1. The fourth-order valence-electron chi connectivity index (χ4n) is 7.00. The van der Waals surface area contributed by atoms with E-state index in [2.05, 4.69) is 31.0 Å². The molecule has 0 fully saturated rings. The normalized spacial score (nSPS) is 13.3. The van der Waals surface area contributed by atoms with E-state index in [9.17, 15) is 37.2 Å². The highest BCUT2D eigenvalue weighted by Crippen LogP contribution is 2.29. The maximum atomic E-state index is 14.3. The number of benzene rings is 3. The third-order valence-electron chi connectivity index (χ3n) is 10.2. The number of primary amides is 1. The summed E-state index contributed by atoms with van der Waals surface area (Å²) in [6.45, 7) is 7.48. The number of aliphatic imine (C=N–C) groups is 1. The molecule has 0 bridgehead atoms. The number of nitrogens with one attached hydrogen (secondary N) is 5. The summed E-state index contributed by atoms with van der Waals surface area (Å²) >= 11 is 0. The van der Waals surface area contributed by atoms with Crippen molar-refractivity contribution in [3.05, 3.63) is 102 Å². The number of carbonyl (C=O) groups excluding carboxylic acids is 6. The van der Waals surface area contributed by atoms with Crippen LogP contribution in [0.3, 0.4) is 0 Å². The lowest BCUT2D eigenvalue weighted by molar-refractivity contribution is -0.132. The number of nitrogens with two attached hydrogens (primary N) is 2. The molecule has 0 aliphatic rings. The smallest absolute Gasteiger partial charge is 0.419 e. The molecule has 2 heterocycles. The zero-order valence-electron chi connectivity index (χ0n) is 37.5. The first kappa shape index (κ1) is 49.6. The molecule has 2 aromatic heterocycles. The number of aryl methyl sites for hydroxylation is 1. The van der Waals surface area contributed by atoms with Gasteiger partial charge in [-0.25, -0.2) is 22.7 Å². The molecular weight excluding hydrogens is 873 g/mol. The van der Waals surface area contributed by atoms with Crippen LogP contribution in [0.15, 0.2) is 94.9 Å². The van der Waals surface area contributed by atoms with Gasteiger partial charge in [-0.2, -0.15) is 0 Å². The number of amides is 5. The van der Waals surface area contributed by atoms with Gasteiger partial charge in [-0.05, 0) is 70.7 Å². The van der Waals surface area contributed by atoms with Gasteiger partial charge in [-0.3, -0.25) is 28.7 Å². The van der Waals surface area contributed by atoms with Crippen LogP contribution in [0, 0.1) is 6.92 Å². The molecule has 0 unspecified atom stereocenters. The summed E-state index contributed by atoms with van der Waals surface area (Å²) in [6.07, 6.45) is -0.399. The van der Waals surface area contributed by atoms with Crippen LogP contribution in [0.25, 0.3) is 21.8 Å². The number of para-hydroxylation sites is 2. The molecule has 0 aliphatic heterocycles. The van der Waals surface area contributed by atoms with Crippen molar-refractivity contribution in [1.82, 2.24) is 35.1 Å². The summed E-state index contributed by atoms with van der Waals surface area (Å²) in [6, 6.07) is 18.7. The van der Waals surface area contributed by atoms with Crippen molar-refractivity contribution >= 4 is 73.6 Å². The average Bonchev–Trinajstić information content (AvgIpc) is 3.76. The molecule has 5 amide bonds. The van der Waals surface area contributed by atoms with Gasteiger partial charge in [-0.15, -0.1) is 0 Å². The first-order valence-corrected chi connectivity index (χ1v) is 22.5. The Morgan fingerprint density at radius 1 is 0.803 bits per heavy atom. The molecule has 20 nitrogen and oxygen atoms in total.